The zero-order valence-corrected chi connectivity index (χ0v) is 10.0. The normalized spacial score (nSPS) is 11.4. The SMILES string of the molecule is NCCc1ccc(S(=O)(=O)NCC(N)=O)cc1. The van der Waals surface area contributed by atoms with Crippen molar-refractivity contribution in [1.82, 2.24) is 4.72 Å². The number of nitrogens with two attached hydrogens (primary N) is 2. The highest BCUT2D eigenvalue weighted by molar-refractivity contribution is 7.89. The van der Waals surface area contributed by atoms with Crippen molar-refractivity contribution in [2.45, 2.75) is 11.3 Å². The first-order valence-corrected chi connectivity index (χ1v) is 6.51. The molecule has 0 fully saturated rings. The van der Waals surface area contributed by atoms with E-state index < -0.39 is 22.5 Å². The molecule has 5 N–H and O–H groups in total. The first kappa shape index (κ1) is 13.6. The van der Waals surface area contributed by atoms with Crippen molar-refractivity contribution in [1.29, 1.82) is 0 Å². The second-order valence-corrected chi connectivity index (χ2v) is 5.24. The van der Waals surface area contributed by atoms with Crippen molar-refractivity contribution in [2.24, 2.45) is 11.5 Å². The molecule has 0 unspecified atom stereocenters. The van der Waals surface area contributed by atoms with Gasteiger partial charge in [-0.2, -0.15) is 0 Å². The van der Waals surface area contributed by atoms with Gasteiger partial charge < -0.3 is 11.5 Å². The van der Waals surface area contributed by atoms with Crippen LogP contribution in [0.3, 0.4) is 0 Å². The first-order valence-electron chi connectivity index (χ1n) is 5.02. The minimum absolute atomic E-state index is 0.0968. The van der Waals surface area contributed by atoms with Gasteiger partial charge in [-0.3, -0.25) is 4.79 Å². The van der Waals surface area contributed by atoms with Crippen molar-refractivity contribution in [3.63, 3.8) is 0 Å². The number of rotatable bonds is 6. The zero-order chi connectivity index (χ0) is 12.9. The Morgan fingerprint density at radius 2 is 1.82 bits per heavy atom. The van der Waals surface area contributed by atoms with Crippen LogP contribution in [0.15, 0.2) is 29.2 Å². The van der Waals surface area contributed by atoms with Gasteiger partial charge in [0.1, 0.15) is 0 Å². The third-order valence-electron chi connectivity index (χ3n) is 2.10. The van der Waals surface area contributed by atoms with E-state index >= 15 is 0 Å². The topological polar surface area (TPSA) is 115 Å². The monoisotopic (exact) mass is 257 g/mol. The van der Waals surface area contributed by atoms with E-state index in [0.717, 1.165) is 5.56 Å². The maximum atomic E-state index is 11.7. The minimum atomic E-state index is -3.67. The quantitative estimate of drug-likeness (QED) is 0.603. The van der Waals surface area contributed by atoms with Gasteiger partial charge in [-0.15, -0.1) is 0 Å². The Bertz CT molecular complexity index is 482. The van der Waals surface area contributed by atoms with Crippen LogP contribution in [-0.2, 0) is 21.2 Å². The number of primary amides is 1. The summed E-state index contributed by atoms with van der Waals surface area (Å²) in [6, 6.07) is 6.31. The highest BCUT2D eigenvalue weighted by Gasteiger charge is 2.13. The molecule has 0 heterocycles. The zero-order valence-electron chi connectivity index (χ0n) is 9.22. The predicted molar refractivity (Wildman–Crippen MR) is 63.6 cm³/mol. The van der Waals surface area contributed by atoms with Crippen LogP contribution < -0.4 is 16.2 Å². The molecule has 1 aromatic rings. The van der Waals surface area contributed by atoms with Crippen LogP contribution in [0.2, 0.25) is 0 Å². The smallest absolute Gasteiger partial charge is 0.241 e. The average Bonchev–Trinajstić information content (AvgIpc) is 2.28. The second-order valence-electron chi connectivity index (χ2n) is 3.47. The van der Waals surface area contributed by atoms with Crippen LogP contribution in [0.25, 0.3) is 0 Å². The second kappa shape index (κ2) is 5.76. The summed E-state index contributed by atoms with van der Waals surface area (Å²) in [5, 5.41) is 0. The van der Waals surface area contributed by atoms with Crippen LogP contribution in [0.4, 0.5) is 0 Å². The molecule has 0 aliphatic rings. The molecule has 0 aliphatic carbocycles. The van der Waals surface area contributed by atoms with Crippen LogP contribution in [0.5, 0.6) is 0 Å². The molecule has 1 aromatic carbocycles. The van der Waals surface area contributed by atoms with Crippen molar-refractivity contribution < 1.29 is 13.2 Å². The summed E-state index contributed by atoms with van der Waals surface area (Å²) in [6.45, 7) is 0.0961. The third kappa shape index (κ3) is 4.14. The Morgan fingerprint density at radius 1 is 1.24 bits per heavy atom. The molecule has 0 saturated carbocycles. The number of carbonyl (C=O) groups excluding carboxylic acids is 1. The van der Waals surface area contributed by atoms with Crippen molar-refractivity contribution >= 4 is 15.9 Å². The van der Waals surface area contributed by atoms with Crippen LogP contribution >= 0.6 is 0 Å². The first-order chi connectivity index (χ1) is 7.95. The molecule has 0 spiro atoms. The van der Waals surface area contributed by atoms with Gasteiger partial charge in [-0.05, 0) is 30.7 Å². The highest BCUT2D eigenvalue weighted by Crippen LogP contribution is 2.10. The molecule has 0 radical (unpaired) electrons. The van der Waals surface area contributed by atoms with E-state index in [1.807, 2.05) is 0 Å². The summed E-state index contributed by atoms with van der Waals surface area (Å²) in [6.07, 6.45) is 0.690. The Morgan fingerprint density at radius 3 is 2.29 bits per heavy atom. The summed E-state index contributed by atoms with van der Waals surface area (Å²) < 4.78 is 25.4. The van der Waals surface area contributed by atoms with E-state index in [1.54, 1.807) is 12.1 Å². The highest BCUT2D eigenvalue weighted by atomic mass is 32.2. The molecule has 0 saturated heterocycles. The van der Waals surface area contributed by atoms with E-state index in [1.165, 1.54) is 12.1 Å². The molecule has 0 atom stereocenters. The maximum absolute atomic E-state index is 11.7. The van der Waals surface area contributed by atoms with Gasteiger partial charge in [0.2, 0.25) is 15.9 Å². The fourth-order valence-corrected chi connectivity index (χ4v) is 2.24. The lowest BCUT2D eigenvalue weighted by Gasteiger charge is -2.05. The number of carbonyl (C=O) groups is 1. The van der Waals surface area contributed by atoms with E-state index in [4.69, 9.17) is 11.5 Å². The fourth-order valence-electron chi connectivity index (χ4n) is 1.25. The van der Waals surface area contributed by atoms with Crippen LogP contribution in [0, 0.1) is 0 Å². The summed E-state index contributed by atoms with van der Waals surface area (Å²) in [4.78, 5) is 10.6. The Labute approximate surface area is 100 Å². The predicted octanol–water partition coefficient (Wildman–Crippen LogP) is -1.05. The van der Waals surface area contributed by atoms with Gasteiger partial charge in [-0.25, -0.2) is 13.1 Å². The van der Waals surface area contributed by atoms with E-state index in [2.05, 4.69) is 4.72 Å². The molecule has 7 heteroatoms. The van der Waals surface area contributed by atoms with E-state index in [0.29, 0.717) is 13.0 Å². The molecule has 0 aliphatic heterocycles. The fraction of sp³-hybridized carbons (Fsp3) is 0.300. The lowest BCUT2D eigenvalue weighted by atomic mass is 10.2. The number of sulfonamides is 1. The molecule has 0 bridgehead atoms. The van der Waals surface area contributed by atoms with Gasteiger partial charge in [0.05, 0.1) is 11.4 Å². The Kier molecular flexibility index (Phi) is 4.62. The number of nitrogens with one attached hydrogen (secondary N) is 1. The summed E-state index contributed by atoms with van der Waals surface area (Å²) in [5.74, 6) is -0.728. The molecule has 17 heavy (non-hydrogen) atoms. The number of benzene rings is 1. The van der Waals surface area contributed by atoms with E-state index in [9.17, 15) is 13.2 Å². The average molecular weight is 257 g/mol. The van der Waals surface area contributed by atoms with Gasteiger partial charge in [0, 0.05) is 0 Å². The number of hydrogen-bond acceptors (Lipinski definition) is 4. The molecule has 1 amide bonds. The molecule has 1 rings (SSSR count). The van der Waals surface area contributed by atoms with E-state index in [-0.39, 0.29) is 4.90 Å². The van der Waals surface area contributed by atoms with Gasteiger partial charge >= 0.3 is 0 Å². The van der Waals surface area contributed by atoms with Crippen LogP contribution in [-0.4, -0.2) is 27.4 Å². The van der Waals surface area contributed by atoms with Crippen molar-refractivity contribution in [3.8, 4) is 0 Å². The number of amides is 1. The summed E-state index contributed by atoms with van der Waals surface area (Å²) in [5.41, 5.74) is 11.2. The lowest BCUT2D eigenvalue weighted by molar-refractivity contribution is -0.116. The lowest BCUT2D eigenvalue weighted by Crippen LogP contribution is -2.33. The molecule has 94 valence electrons. The largest absolute Gasteiger partial charge is 0.369 e. The van der Waals surface area contributed by atoms with Crippen LogP contribution in [0.1, 0.15) is 5.56 Å². The third-order valence-corrected chi connectivity index (χ3v) is 3.52. The molecule has 0 aromatic heterocycles. The van der Waals surface area contributed by atoms with Crippen molar-refractivity contribution in [3.05, 3.63) is 29.8 Å². The summed E-state index contributed by atoms with van der Waals surface area (Å²) >= 11 is 0. The van der Waals surface area contributed by atoms with Gasteiger partial charge in [-0.1, -0.05) is 12.1 Å². The minimum Gasteiger partial charge on any atom is -0.369 e. The van der Waals surface area contributed by atoms with Gasteiger partial charge in [0.25, 0.3) is 0 Å². The molecule has 6 nitrogen and oxygen atoms in total. The Balaban J connectivity index is 2.81. The molecular formula is C10H15N3O3S. The summed E-state index contributed by atoms with van der Waals surface area (Å²) in [7, 11) is -3.67. The van der Waals surface area contributed by atoms with Gasteiger partial charge in [0.15, 0.2) is 0 Å². The Hall–Kier alpha value is -1.44. The molecular weight excluding hydrogens is 242 g/mol. The maximum Gasteiger partial charge on any atom is 0.241 e. The standard InChI is InChI=1S/C10H15N3O3S/c11-6-5-8-1-3-9(4-2-8)17(15,16)13-7-10(12)14/h1-4,13H,5-7,11H2,(H2,12,14). The number of hydrogen-bond donors (Lipinski definition) is 3. The van der Waals surface area contributed by atoms with Crippen molar-refractivity contribution in [2.75, 3.05) is 13.1 Å².